The second-order valence-electron chi connectivity index (χ2n) is 4.19. The molecule has 0 radical (unpaired) electrons. The quantitative estimate of drug-likeness (QED) is 0.387. The highest BCUT2D eigenvalue weighted by atomic mass is 16.5. The van der Waals surface area contributed by atoms with E-state index in [4.69, 9.17) is 4.74 Å². The van der Waals surface area contributed by atoms with Crippen LogP contribution in [-0.4, -0.2) is 18.9 Å². The Morgan fingerprint density at radius 1 is 1.79 bits per heavy atom. The number of fused-ring (bicyclic) bond motifs is 1. The monoisotopic (exact) mass is 194 g/mol. The van der Waals surface area contributed by atoms with Crippen LogP contribution >= 0.6 is 0 Å². The molecule has 2 fully saturated rings. The Balaban J connectivity index is 2.16. The third-order valence-corrected chi connectivity index (χ3v) is 3.49. The Morgan fingerprint density at radius 2 is 2.50 bits per heavy atom. The van der Waals surface area contributed by atoms with Crippen LogP contribution in [0.2, 0.25) is 0 Å². The Labute approximate surface area is 83.1 Å². The van der Waals surface area contributed by atoms with E-state index in [1.807, 2.05) is 0 Å². The number of hydrogen-bond acceptors (Lipinski definition) is 3. The minimum Gasteiger partial charge on any atom is -0.468 e. The first kappa shape index (κ1) is 9.44. The van der Waals surface area contributed by atoms with Gasteiger partial charge in [-0.05, 0) is 25.2 Å². The smallest absolute Gasteiger partial charge is 0.319 e. The molecule has 3 atom stereocenters. The van der Waals surface area contributed by atoms with Gasteiger partial charge in [0.1, 0.15) is 5.41 Å². The van der Waals surface area contributed by atoms with Crippen LogP contribution < -0.4 is 0 Å². The van der Waals surface area contributed by atoms with Crippen molar-refractivity contribution in [2.45, 2.75) is 19.3 Å². The molecule has 0 unspecified atom stereocenters. The summed E-state index contributed by atoms with van der Waals surface area (Å²) >= 11 is 0. The van der Waals surface area contributed by atoms with Gasteiger partial charge < -0.3 is 4.74 Å². The van der Waals surface area contributed by atoms with Crippen LogP contribution in [0.3, 0.4) is 0 Å². The van der Waals surface area contributed by atoms with Gasteiger partial charge in [-0.15, -0.1) is 6.58 Å². The van der Waals surface area contributed by atoms with Gasteiger partial charge in [0.2, 0.25) is 0 Å². The van der Waals surface area contributed by atoms with E-state index in [1.165, 1.54) is 7.11 Å². The van der Waals surface area contributed by atoms with E-state index in [0.29, 0.717) is 12.8 Å². The lowest BCUT2D eigenvalue weighted by Gasteiger charge is -2.11. The minimum absolute atomic E-state index is 0.00495. The maximum absolute atomic E-state index is 11.9. The highest BCUT2D eigenvalue weighted by Gasteiger charge is 2.71. The fourth-order valence-electron chi connectivity index (χ4n) is 2.67. The molecule has 0 aliphatic heterocycles. The SMILES string of the molecule is C=CC[C@@H]1C[C@@H]2C[C@]2(C(=O)OC)C1=O. The van der Waals surface area contributed by atoms with Gasteiger partial charge in [0, 0.05) is 5.92 Å². The summed E-state index contributed by atoms with van der Waals surface area (Å²) in [4.78, 5) is 23.4. The highest BCUT2D eigenvalue weighted by molar-refractivity contribution is 6.10. The number of methoxy groups -OCH3 is 1. The predicted molar refractivity (Wildman–Crippen MR) is 50.5 cm³/mol. The molecule has 2 rings (SSSR count). The molecule has 76 valence electrons. The van der Waals surface area contributed by atoms with Crippen LogP contribution in [-0.2, 0) is 14.3 Å². The van der Waals surface area contributed by atoms with Gasteiger partial charge >= 0.3 is 5.97 Å². The van der Waals surface area contributed by atoms with Gasteiger partial charge in [-0.25, -0.2) is 0 Å². The number of carbonyl (C=O) groups excluding carboxylic acids is 2. The number of carbonyl (C=O) groups is 2. The number of allylic oxidation sites excluding steroid dienone is 1. The lowest BCUT2D eigenvalue weighted by Crippen LogP contribution is -2.28. The van der Waals surface area contributed by atoms with Gasteiger partial charge in [-0.1, -0.05) is 6.08 Å². The molecule has 0 spiro atoms. The van der Waals surface area contributed by atoms with Crippen LogP contribution in [0.4, 0.5) is 0 Å². The lowest BCUT2D eigenvalue weighted by molar-refractivity contribution is -0.151. The summed E-state index contributed by atoms with van der Waals surface area (Å²) in [6, 6.07) is 0. The van der Waals surface area contributed by atoms with Crippen molar-refractivity contribution >= 4 is 11.8 Å². The molecule has 0 N–H and O–H groups in total. The summed E-state index contributed by atoms with van der Waals surface area (Å²) in [5.74, 6) is -0.00828. The van der Waals surface area contributed by atoms with E-state index >= 15 is 0 Å². The molecular weight excluding hydrogens is 180 g/mol. The molecular formula is C11H14O3. The molecule has 3 nitrogen and oxygen atoms in total. The van der Waals surface area contributed by atoms with Crippen molar-refractivity contribution in [3.8, 4) is 0 Å². The summed E-state index contributed by atoms with van der Waals surface area (Å²) in [6.07, 6.45) is 3.97. The van der Waals surface area contributed by atoms with E-state index < -0.39 is 5.41 Å². The van der Waals surface area contributed by atoms with Crippen molar-refractivity contribution < 1.29 is 14.3 Å². The van der Waals surface area contributed by atoms with Crippen LogP contribution in [0.25, 0.3) is 0 Å². The predicted octanol–water partition coefficient (Wildman–Crippen LogP) is 1.33. The minimum atomic E-state index is -0.748. The molecule has 0 amide bonds. The van der Waals surface area contributed by atoms with E-state index in [0.717, 1.165) is 6.42 Å². The van der Waals surface area contributed by atoms with E-state index in [1.54, 1.807) is 6.08 Å². The van der Waals surface area contributed by atoms with E-state index in [-0.39, 0.29) is 23.6 Å². The summed E-state index contributed by atoms with van der Waals surface area (Å²) in [7, 11) is 1.35. The van der Waals surface area contributed by atoms with E-state index in [9.17, 15) is 9.59 Å². The largest absolute Gasteiger partial charge is 0.468 e. The normalized spacial score (nSPS) is 39.1. The zero-order chi connectivity index (χ0) is 10.3. The molecule has 14 heavy (non-hydrogen) atoms. The van der Waals surface area contributed by atoms with Crippen molar-refractivity contribution in [1.82, 2.24) is 0 Å². The van der Waals surface area contributed by atoms with Crippen LogP contribution in [0.15, 0.2) is 12.7 Å². The fourth-order valence-corrected chi connectivity index (χ4v) is 2.67. The van der Waals surface area contributed by atoms with Crippen molar-refractivity contribution in [2.24, 2.45) is 17.3 Å². The van der Waals surface area contributed by atoms with Gasteiger partial charge in [0.05, 0.1) is 7.11 Å². The highest BCUT2D eigenvalue weighted by Crippen LogP contribution is 2.64. The summed E-state index contributed by atoms with van der Waals surface area (Å²) in [5.41, 5.74) is -0.748. The first-order valence-electron chi connectivity index (χ1n) is 4.90. The molecule has 2 saturated carbocycles. The maximum atomic E-state index is 11.9. The summed E-state index contributed by atoms with van der Waals surface area (Å²) in [6.45, 7) is 3.62. The third-order valence-electron chi connectivity index (χ3n) is 3.49. The summed E-state index contributed by atoms with van der Waals surface area (Å²) in [5, 5.41) is 0. The third kappa shape index (κ3) is 0.982. The number of hydrogen-bond donors (Lipinski definition) is 0. The molecule has 2 aliphatic carbocycles. The van der Waals surface area contributed by atoms with Crippen molar-refractivity contribution in [2.75, 3.05) is 7.11 Å². The summed E-state index contributed by atoms with van der Waals surface area (Å²) < 4.78 is 4.69. The first-order chi connectivity index (χ1) is 6.66. The number of ketones is 1. The van der Waals surface area contributed by atoms with Gasteiger partial charge in [-0.2, -0.15) is 0 Å². The molecule has 0 bridgehead atoms. The second-order valence-corrected chi connectivity index (χ2v) is 4.19. The van der Waals surface area contributed by atoms with Crippen LogP contribution in [0.1, 0.15) is 19.3 Å². The molecule has 2 aliphatic rings. The Morgan fingerprint density at radius 3 is 3.07 bits per heavy atom. The Hall–Kier alpha value is -1.12. The van der Waals surface area contributed by atoms with Crippen molar-refractivity contribution in [1.29, 1.82) is 0 Å². The van der Waals surface area contributed by atoms with Gasteiger partial charge in [-0.3, -0.25) is 9.59 Å². The Bertz CT molecular complexity index is 308. The fraction of sp³-hybridized carbons (Fsp3) is 0.636. The van der Waals surface area contributed by atoms with Crippen LogP contribution in [0.5, 0.6) is 0 Å². The van der Waals surface area contributed by atoms with Gasteiger partial charge in [0.15, 0.2) is 5.78 Å². The van der Waals surface area contributed by atoms with Gasteiger partial charge in [0.25, 0.3) is 0 Å². The Kier molecular flexibility index (Phi) is 1.98. The molecule has 0 aromatic rings. The molecule has 0 heterocycles. The first-order valence-corrected chi connectivity index (χ1v) is 4.90. The molecule has 0 aromatic heterocycles. The standard InChI is InChI=1S/C11H14O3/c1-3-4-7-5-8-6-11(8,9(7)12)10(13)14-2/h3,7-8H,1,4-6H2,2H3/t7-,8-,11-/m1/s1. The van der Waals surface area contributed by atoms with Crippen molar-refractivity contribution in [3.63, 3.8) is 0 Å². The van der Waals surface area contributed by atoms with Crippen LogP contribution in [0, 0.1) is 17.3 Å². The molecule has 0 saturated heterocycles. The van der Waals surface area contributed by atoms with Crippen molar-refractivity contribution in [3.05, 3.63) is 12.7 Å². The second kappa shape index (κ2) is 2.94. The topological polar surface area (TPSA) is 43.4 Å². The molecule has 3 heteroatoms. The zero-order valence-electron chi connectivity index (χ0n) is 8.29. The number of esters is 1. The number of rotatable bonds is 3. The zero-order valence-corrected chi connectivity index (χ0v) is 8.29. The average molecular weight is 194 g/mol. The number of Topliss-reactive ketones (excluding diaryl/α,β-unsaturated/α-hetero) is 1. The average Bonchev–Trinajstić information content (AvgIpc) is 2.84. The maximum Gasteiger partial charge on any atom is 0.319 e. The number of ether oxygens (including phenoxy) is 1. The van der Waals surface area contributed by atoms with E-state index in [2.05, 4.69) is 6.58 Å². The lowest BCUT2D eigenvalue weighted by atomic mass is 9.93. The molecule has 0 aromatic carbocycles.